The number of piperidine rings is 1. The predicted octanol–water partition coefficient (Wildman–Crippen LogP) is 4.31. The highest BCUT2D eigenvalue weighted by molar-refractivity contribution is 7.13. The van der Waals surface area contributed by atoms with Crippen LogP contribution in [0.3, 0.4) is 0 Å². The van der Waals surface area contributed by atoms with Crippen molar-refractivity contribution in [2.24, 2.45) is 5.92 Å². The number of fused-ring (bicyclic) bond motifs is 4. The SMILES string of the molecule is Cc1nc(C(C)C)sc1C(=O)N1C[C@H]2CC[C@@H](C1)N(Cc1ccccc1)C2. The zero-order valence-electron chi connectivity index (χ0n) is 16.5. The van der Waals surface area contributed by atoms with E-state index in [1.807, 2.05) is 6.92 Å². The molecule has 1 aromatic heterocycles. The van der Waals surface area contributed by atoms with Crippen molar-refractivity contribution < 1.29 is 4.79 Å². The van der Waals surface area contributed by atoms with Crippen LogP contribution in [0.2, 0.25) is 0 Å². The maximum absolute atomic E-state index is 13.3. The Kier molecular flexibility index (Phi) is 5.33. The quantitative estimate of drug-likeness (QED) is 0.789. The van der Waals surface area contributed by atoms with Crippen molar-refractivity contribution in [1.82, 2.24) is 14.8 Å². The number of nitrogens with zero attached hydrogens (tertiary/aromatic N) is 3. The summed E-state index contributed by atoms with van der Waals surface area (Å²) in [6.45, 7) is 10.1. The lowest BCUT2D eigenvalue weighted by Crippen LogP contribution is -2.43. The number of hydrogen-bond acceptors (Lipinski definition) is 4. The second-order valence-corrected chi connectivity index (χ2v) is 9.37. The molecule has 2 bridgehead atoms. The molecule has 3 saturated heterocycles. The molecule has 0 aliphatic carbocycles. The molecule has 0 radical (unpaired) electrons. The molecule has 5 rings (SSSR count). The van der Waals surface area contributed by atoms with E-state index in [9.17, 15) is 4.79 Å². The van der Waals surface area contributed by atoms with Crippen molar-refractivity contribution in [2.75, 3.05) is 19.6 Å². The molecule has 1 aromatic carbocycles. The fourth-order valence-electron chi connectivity index (χ4n) is 4.36. The lowest BCUT2D eigenvalue weighted by Gasteiger charge is -2.36. The Labute approximate surface area is 166 Å². The van der Waals surface area contributed by atoms with Crippen molar-refractivity contribution >= 4 is 17.2 Å². The van der Waals surface area contributed by atoms with Crippen molar-refractivity contribution in [1.29, 1.82) is 0 Å². The van der Waals surface area contributed by atoms with Gasteiger partial charge in [-0.1, -0.05) is 44.2 Å². The fraction of sp³-hybridized carbons (Fsp3) is 0.545. The van der Waals surface area contributed by atoms with Gasteiger partial charge in [0, 0.05) is 38.1 Å². The van der Waals surface area contributed by atoms with Gasteiger partial charge in [-0.2, -0.15) is 0 Å². The van der Waals surface area contributed by atoms with Crippen LogP contribution in [-0.2, 0) is 6.54 Å². The van der Waals surface area contributed by atoms with Gasteiger partial charge in [-0.25, -0.2) is 4.98 Å². The maximum atomic E-state index is 13.3. The molecular formula is C22H29N3OS. The van der Waals surface area contributed by atoms with Gasteiger partial charge in [0.05, 0.1) is 10.7 Å². The zero-order valence-corrected chi connectivity index (χ0v) is 17.3. The summed E-state index contributed by atoms with van der Waals surface area (Å²) in [6, 6.07) is 11.2. The molecule has 5 heteroatoms. The third kappa shape index (κ3) is 3.94. The highest BCUT2D eigenvalue weighted by atomic mass is 32.1. The van der Waals surface area contributed by atoms with Gasteiger partial charge in [-0.05, 0) is 31.2 Å². The summed E-state index contributed by atoms with van der Waals surface area (Å²) in [6.07, 6.45) is 2.43. The van der Waals surface area contributed by atoms with E-state index in [-0.39, 0.29) is 5.91 Å². The Morgan fingerprint density at radius 1 is 1.19 bits per heavy atom. The van der Waals surface area contributed by atoms with Gasteiger partial charge >= 0.3 is 0 Å². The zero-order chi connectivity index (χ0) is 19.0. The van der Waals surface area contributed by atoms with E-state index in [0.717, 1.165) is 41.8 Å². The van der Waals surface area contributed by atoms with E-state index >= 15 is 0 Å². The Hall–Kier alpha value is -1.72. The number of hydrogen-bond donors (Lipinski definition) is 0. The molecule has 27 heavy (non-hydrogen) atoms. The van der Waals surface area contributed by atoms with E-state index < -0.39 is 0 Å². The summed E-state index contributed by atoms with van der Waals surface area (Å²) in [4.78, 5) is 23.4. The molecule has 3 aliphatic heterocycles. The minimum atomic E-state index is 0.190. The summed E-state index contributed by atoms with van der Waals surface area (Å²) >= 11 is 1.59. The number of rotatable bonds is 4. The van der Waals surface area contributed by atoms with E-state index in [1.165, 1.54) is 18.4 Å². The van der Waals surface area contributed by atoms with Crippen LogP contribution in [0, 0.1) is 12.8 Å². The molecular weight excluding hydrogens is 354 g/mol. The predicted molar refractivity (Wildman–Crippen MR) is 110 cm³/mol. The lowest BCUT2D eigenvalue weighted by atomic mass is 9.94. The summed E-state index contributed by atoms with van der Waals surface area (Å²) in [5.74, 6) is 1.14. The van der Waals surface area contributed by atoms with Crippen LogP contribution in [0.5, 0.6) is 0 Å². The van der Waals surface area contributed by atoms with Crippen LogP contribution in [0.1, 0.15) is 58.5 Å². The molecule has 144 valence electrons. The highest BCUT2D eigenvalue weighted by Crippen LogP contribution is 2.32. The molecule has 4 heterocycles. The number of carbonyl (C=O) groups is 1. The Morgan fingerprint density at radius 2 is 1.96 bits per heavy atom. The van der Waals surface area contributed by atoms with Crippen LogP contribution in [0.25, 0.3) is 0 Å². The first-order valence-corrected chi connectivity index (χ1v) is 10.9. The number of amides is 1. The first-order chi connectivity index (χ1) is 13.0. The van der Waals surface area contributed by atoms with Crippen LogP contribution < -0.4 is 0 Å². The molecule has 3 fully saturated rings. The summed E-state index contributed by atoms with van der Waals surface area (Å²) < 4.78 is 0. The van der Waals surface area contributed by atoms with Gasteiger partial charge in [0.1, 0.15) is 4.88 Å². The number of thiazole rings is 1. The topological polar surface area (TPSA) is 36.4 Å². The van der Waals surface area contributed by atoms with E-state index in [0.29, 0.717) is 17.9 Å². The smallest absolute Gasteiger partial charge is 0.265 e. The summed E-state index contributed by atoms with van der Waals surface area (Å²) in [5, 5.41) is 1.07. The maximum Gasteiger partial charge on any atom is 0.265 e. The first-order valence-electron chi connectivity index (χ1n) is 10.1. The second-order valence-electron chi connectivity index (χ2n) is 8.34. The fourth-order valence-corrected chi connectivity index (χ4v) is 5.40. The van der Waals surface area contributed by atoms with Crippen molar-refractivity contribution in [3.8, 4) is 0 Å². The number of aryl methyl sites for hydroxylation is 1. The Balaban J connectivity index is 1.50. The molecule has 1 amide bonds. The average Bonchev–Trinajstić information content (AvgIpc) is 2.84. The van der Waals surface area contributed by atoms with E-state index in [1.54, 1.807) is 11.3 Å². The number of carbonyl (C=O) groups excluding carboxylic acids is 1. The molecule has 0 saturated carbocycles. The largest absolute Gasteiger partial charge is 0.336 e. The van der Waals surface area contributed by atoms with Crippen molar-refractivity contribution in [2.45, 2.75) is 52.1 Å². The summed E-state index contributed by atoms with van der Waals surface area (Å²) in [7, 11) is 0. The van der Waals surface area contributed by atoms with Gasteiger partial charge in [0.25, 0.3) is 5.91 Å². The van der Waals surface area contributed by atoms with Crippen LogP contribution >= 0.6 is 11.3 Å². The number of benzene rings is 1. The van der Waals surface area contributed by atoms with Crippen molar-refractivity contribution in [3.63, 3.8) is 0 Å². The summed E-state index contributed by atoms with van der Waals surface area (Å²) in [5.41, 5.74) is 2.26. The molecule has 0 spiro atoms. The van der Waals surface area contributed by atoms with Crippen molar-refractivity contribution in [3.05, 3.63) is 51.5 Å². The monoisotopic (exact) mass is 383 g/mol. The molecule has 2 atom stereocenters. The van der Waals surface area contributed by atoms with Gasteiger partial charge in [-0.15, -0.1) is 11.3 Å². The molecule has 2 aromatic rings. The third-order valence-electron chi connectivity index (χ3n) is 5.84. The second kappa shape index (κ2) is 7.72. The molecule has 4 nitrogen and oxygen atoms in total. The first kappa shape index (κ1) is 18.6. The minimum absolute atomic E-state index is 0.190. The highest BCUT2D eigenvalue weighted by Gasteiger charge is 2.37. The van der Waals surface area contributed by atoms with Crippen LogP contribution in [0.15, 0.2) is 30.3 Å². The van der Waals surface area contributed by atoms with Crippen LogP contribution in [0.4, 0.5) is 0 Å². The third-order valence-corrected chi connectivity index (χ3v) is 7.29. The van der Waals surface area contributed by atoms with E-state index in [2.05, 4.69) is 59.0 Å². The Bertz CT molecular complexity index is 801. The lowest BCUT2D eigenvalue weighted by molar-refractivity contribution is 0.0740. The van der Waals surface area contributed by atoms with Crippen LogP contribution in [-0.4, -0.2) is 46.4 Å². The van der Waals surface area contributed by atoms with Gasteiger partial charge < -0.3 is 4.90 Å². The van der Waals surface area contributed by atoms with Gasteiger partial charge in [-0.3, -0.25) is 9.69 Å². The molecule has 3 aliphatic rings. The Morgan fingerprint density at radius 3 is 2.67 bits per heavy atom. The van der Waals surface area contributed by atoms with Gasteiger partial charge in [0.15, 0.2) is 0 Å². The standard InChI is InChI=1S/C22H29N3OS/c1-15(2)21-23-16(3)20(27-21)22(26)25-13-18-9-10-19(14-25)24(12-18)11-17-7-5-4-6-8-17/h4-8,15,18-19H,9-14H2,1-3H3/t18-,19-/m0/s1. The number of aromatic nitrogens is 1. The average molecular weight is 384 g/mol. The molecule has 0 N–H and O–H groups in total. The van der Waals surface area contributed by atoms with E-state index in [4.69, 9.17) is 0 Å². The minimum Gasteiger partial charge on any atom is -0.336 e. The molecule has 0 unspecified atom stereocenters. The normalized spacial score (nSPS) is 23.0. The van der Waals surface area contributed by atoms with Gasteiger partial charge in [0.2, 0.25) is 0 Å².